The summed E-state index contributed by atoms with van der Waals surface area (Å²) < 4.78 is 16.5. The summed E-state index contributed by atoms with van der Waals surface area (Å²) in [7, 11) is -1.99. The molecular weight excluding hydrogens is 687 g/mol. The molecule has 1 aromatic carbocycles. The van der Waals surface area contributed by atoms with Crippen LogP contribution in [0.4, 0.5) is 4.79 Å². The van der Waals surface area contributed by atoms with Crippen LogP contribution < -0.4 is 5.32 Å². The lowest BCUT2D eigenvalue weighted by molar-refractivity contribution is 0.187. The minimum absolute atomic E-state index is 0.0925. The predicted octanol–water partition coefficient (Wildman–Crippen LogP) is 9.52. The van der Waals surface area contributed by atoms with E-state index in [4.69, 9.17) is 29.0 Å². The minimum atomic E-state index is -1.97. The van der Waals surface area contributed by atoms with Crippen LogP contribution in [-0.4, -0.2) is 64.0 Å². The Kier molecular flexibility index (Phi) is 11.3. The number of nitrogens with zero attached hydrogens (tertiary/aromatic N) is 6. The van der Waals surface area contributed by atoms with Crippen molar-refractivity contribution in [2.75, 3.05) is 6.61 Å². The highest BCUT2D eigenvalue weighted by Gasteiger charge is 2.38. The molecular formula is C39H55N7O4Si2. The molecule has 1 unspecified atom stereocenters. The molecule has 5 rings (SSSR count). The summed E-state index contributed by atoms with van der Waals surface area (Å²) in [6, 6.07) is 17.3. The van der Waals surface area contributed by atoms with Crippen LogP contribution in [0.15, 0.2) is 67.0 Å². The SMILES string of the molecule is Cn1ccc(-c2cc(-c3cccc(C(CCCO[Si](C)(C)C(C)(C)C)NC(=O)O)n3)cc3c2cnn3-c2cccc(CO[Si](C)(C)C(C)(C)C)n2)n1. The van der Waals surface area contributed by atoms with Crippen LogP contribution >= 0.6 is 0 Å². The summed E-state index contributed by atoms with van der Waals surface area (Å²) in [5.74, 6) is 0.683. The third-order valence-electron chi connectivity index (χ3n) is 10.7. The van der Waals surface area contributed by atoms with Gasteiger partial charge in [-0.2, -0.15) is 10.2 Å². The van der Waals surface area contributed by atoms with Crippen molar-refractivity contribution in [2.45, 2.75) is 103 Å². The van der Waals surface area contributed by atoms with E-state index in [1.54, 1.807) is 4.68 Å². The predicted molar refractivity (Wildman–Crippen MR) is 213 cm³/mol. The van der Waals surface area contributed by atoms with Gasteiger partial charge in [0.1, 0.15) is 0 Å². The summed E-state index contributed by atoms with van der Waals surface area (Å²) >= 11 is 0. The zero-order valence-electron chi connectivity index (χ0n) is 32.6. The molecule has 4 heterocycles. The van der Waals surface area contributed by atoms with Gasteiger partial charge in [-0.05, 0) is 91.6 Å². The molecule has 0 saturated carbocycles. The lowest BCUT2D eigenvalue weighted by Crippen LogP contribution is -2.41. The van der Waals surface area contributed by atoms with Gasteiger partial charge >= 0.3 is 6.09 Å². The first-order chi connectivity index (χ1) is 24.3. The molecule has 0 aliphatic carbocycles. The van der Waals surface area contributed by atoms with Crippen LogP contribution in [0.3, 0.4) is 0 Å². The zero-order chi connectivity index (χ0) is 38.1. The summed E-state index contributed by atoms with van der Waals surface area (Å²) in [5.41, 5.74) is 5.62. The molecule has 52 heavy (non-hydrogen) atoms. The van der Waals surface area contributed by atoms with Crippen molar-refractivity contribution >= 4 is 33.6 Å². The quantitative estimate of drug-likeness (QED) is 0.0902. The van der Waals surface area contributed by atoms with Crippen LogP contribution in [0.1, 0.15) is 71.8 Å². The Labute approximate surface area is 310 Å². The number of pyridine rings is 2. The molecule has 1 atom stereocenters. The second kappa shape index (κ2) is 15.1. The lowest BCUT2D eigenvalue weighted by atomic mass is 10.0. The van der Waals surface area contributed by atoms with Gasteiger partial charge in [-0.3, -0.25) is 9.67 Å². The number of carboxylic acid groups (broad SMARTS) is 1. The van der Waals surface area contributed by atoms with E-state index in [0.717, 1.165) is 33.4 Å². The van der Waals surface area contributed by atoms with E-state index < -0.39 is 28.8 Å². The number of carbonyl (C=O) groups is 1. The van der Waals surface area contributed by atoms with Gasteiger partial charge in [-0.15, -0.1) is 0 Å². The Hall–Kier alpha value is -4.18. The standard InChI is InChI=1S/C39H55N7O4Si2/c1-38(2,3)51(8,9)49-22-14-18-34(43-37(47)48)33-17-13-16-31(42-33)27-23-29(32-20-21-45(7)44-32)30-25-40-46(35(30)24-27)36-19-12-15-28(41-36)26-50-52(10,11)39(4,5)6/h12-13,15-17,19-21,23-25,34,43H,14,18,22,26H2,1-11H3,(H,47,48). The van der Waals surface area contributed by atoms with Gasteiger partial charge in [-0.25, -0.2) is 14.5 Å². The van der Waals surface area contributed by atoms with Crippen LogP contribution in [0, 0.1) is 0 Å². The fourth-order valence-corrected chi connectivity index (χ4v) is 7.47. The van der Waals surface area contributed by atoms with Crippen molar-refractivity contribution in [1.82, 2.24) is 34.8 Å². The van der Waals surface area contributed by atoms with Gasteiger partial charge in [0.2, 0.25) is 0 Å². The Balaban J connectivity index is 1.51. The van der Waals surface area contributed by atoms with E-state index in [-0.39, 0.29) is 10.1 Å². The van der Waals surface area contributed by atoms with Gasteiger partial charge in [0.25, 0.3) is 0 Å². The lowest BCUT2D eigenvalue weighted by Gasteiger charge is -2.36. The van der Waals surface area contributed by atoms with Gasteiger partial charge in [0, 0.05) is 36.4 Å². The largest absolute Gasteiger partial charge is 0.465 e. The molecule has 11 nitrogen and oxygen atoms in total. The number of nitrogens with one attached hydrogen (secondary N) is 1. The normalized spacial score (nSPS) is 13.4. The number of aromatic nitrogens is 6. The van der Waals surface area contributed by atoms with Gasteiger partial charge in [-0.1, -0.05) is 53.7 Å². The number of aryl methyl sites for hydroxylation is 1. The minimum Gasteiger partial charge on any atom is -0.465 e. The molecule has 5 aromatic rings. The van der Waals surface area contributed by atoms with Crippen LogP contribution in [0.5, 0.6) is 0 Å². The highest BCUT2D eigenvalue weighted by molar-refractivity contribution is 6.74. The Bertz CT molecular complexity index is 2020. The van der Waals surface area contributed by atoms with Crippen LogP contribution in [0.2, 0.25) is 36.3 Å². The van der Waals surface area contributed by atoms with Crippen LogP contribution in [-0.2, 0) is 22.5 Å². The maximum atomic E-state index is 11.9. The number of amides is 1. The van der Waals surface area contributed by atoms with Crippen molar-refractivity contribution in [3.8, 4) is 28.3 Å². The van der Waals surface area contributed by atoms with E-state index in [2.05, 4.69) is 85.2 Å². The van der Waals surface area contributed by atoms with E-state index in [0.29, 0.717) is 43.3 Å². The number of rotatable bonds is 13. The highest BCUT2D eigenvalue weighted by atomic mass is 28.4. The van der Waals surface area contributed by atoms with E-state index >= 15 is 0 Å². The first-order valence-corrected chi connectivity index (χ1v) is 23.8. The molecule has 0 aliphatic rings. The molecule has 0 spiro atoms. The third-order valence-corrected chi connectivity index (χ3v) is 19.7. The molecule has 2 N–H and O–H groups in total. The maximum absolute atomic E-state index is 11.9. The molecule has 0 saturated heterocycles. The van der Waals surface area contributed by atoms with Crippen molar-refractivity contribution in [2.24, 2.45) is 7.05 Å². The molecule has 0 fully saturated rings. The highest BCUT2D eigenvalue weighted by Crippen LogP contribution is 2.38. The molecule has 4 aromatic heterocycles. The van der Waals surface area contributed by atoms with E-state index in [1.165, 1.54) is 0 Å². The smallest absolute Gasteiger partial charge is 0.405 e. The summed E-state index contributed by atoms with van der Waals surface area (Å²) in [5, 5.41) is 23.1. The second-order valence-corrected chi connectivity index (χ2v) is 26.2. The molecule has 13 heteroatoms. The fraction of sp³-hybridized carbons (Fsp3) is 0.462. The first kappa shape index (κ1) is 39.0. The second-order valence-electron chi connectivity index (χ2n) is 16.6. The van der Waals surface area contributed by atoms with E-state index in [1.807, 2.05) is 66.6 Å². The molecule has 0 bridgehead atoms. The Morgan fingerprint density at radius 1 is 0.904 bits per heavy atom. The first-order valence-electron chi connectivity index (χ1n) is 18.0. The number of fused-ring (bicyclic) bond motifs is 1. The van der Waals surface area contributed by atoms with Gasteiger partial charge in [0.05, 0.1) is 47.1 Å². The molecule has 0 aliphatic heterocycles. The Morgan fingerprint density at radius 2 is 1.60 bits per heavy atom. The summed E-state index contributed by atoms with van der Waals surface area (Å²) in [6.07, 6.45) is 3.94. The van der Waals surface area contributed by atoms with Crippen molar-refractivity contribution in [1.29, 1.82) is 0 Å². The summed E-state index contributed by atoms with van der Waals surface area (Å²) in [4.78, 5) is 21.9. The average molecular weight is 742 g/mol. The van der Waals surface area contributed by atoms with Crippen LogP contribution in [0.25, 0.3) is 39.2 Å². The monoisotopic (exact) mass is 741 g/mol. The van der Waals surface area contributed by atoms with E-state index in [9.17, 15) is 9.90 Å². The number of hydrogen-bond donors (Lipinski definition) is 2. The van der Waals surface area contributed by atoms with Crippen molar-refractivity contribution < 1.29 is 18.8 Å². The van der Waals surface area contributed by atoms with Crippen molar-refractivity contribution in [3.05, 3.63) is 78.4 Å². The third kappa shape index (κ3) is 8.88. The van der Waals surface area contributed by atoms with Crippen molar-refractivity contribution in [3.63, 3.8) is 0 Å². The number of hydrogen-bond acceptors (Lipinski definition) is 7. The maximum Gasteiger partial charge on any atom is 0.405 e. The Morgan fingerprint density at radius 3 is 2.25 bits per heavy atom. The molecule has 278 valence electrons. The summed E-state index contributed by atoms with van der Waals surface area (Å²) in [6.45, 7) is 23.3. The fourth-order valence-electron chi connectivity index (χ4n) is 5.44. The average Bonchev–Trinajstić information content (AvgIpc) is 3.70. The number of benzene rings is 1. The van der Waals surface area contributed by atoms with Gasteiger partial charge < -0.3 is 19.3 Å². The van der Waals surface area contributed by atoms with Gasteiger partial charge in [0.15, 0.2) is 22.5 Å². The topological polar surface area (TPSA) is 129 Å². The molecule has 1 amide bonds. The molecule has 0 radical (unpaired) electrons. The zero-order valence-corrected chi connectivity index (χ0v) is 34.6.